The van der Waals surface area contributed by atoms with Gasteiger partial charge < -0.3 is 5.11 Å². The lowest BCUT2D eigenvalue weighted by Crippen LogP contribution is -2.56. The van der Waals surface area contributed by atoms with Crippen LogP contribution < -0.4 is 0 Å². The van der Waals surface area contributed by atoms with Crippen molar-refractivity contribution < 1.29 is 35.8 Å². The zero-order valence-electron chi connectivity index (χ0n) is 10.2. The first-order valence-electron chi connectivity index (χ1n) is 5.41. The van der Waals surface area contributed by atoms with Gasteiger partial charge in [-0.25, -0.2) is 4.39 Å². The van der Waals surface area contributed by atoms with Crippen LogP contribution in [0.3, 0.4) is 0 Å². The van der Waals surface area contributed by atoms with Gasteiger partial charge in [-0.1, -0.05) is 30.3 Å². The molecule has 0 amide bonds. The largest absolute Gasteiger partial charge is 0.431 e. The van der Waals surface area contributed by atoms with E-state index in [4.69, 9.17) is 0 Å². The van der Waals surface area contributed by atoms with E-state index in [-0.39, 0.29) is 5.56 Å². The zero-order valence-corrected chi connectivity index (χ0v) is 10.2. The number of benzene rings is 1. The van der Waals surface area contributed by atoms with Crippen LogP contribution in [0.4, 0.5) is 30.7 Å². The fraction of sp³-hybridized carbons (Fsp3) is 0.500. The summed E-state index contributed by atoms with van der Waals surface area (Å²) in [6.45, 7) is 0.703. The summed E-state index contributed by atoms with van der Waals surface area (Å²) >= 11 is 0. The standard InChI is InChI=1S/C12H11F7O/c1-9(20,8-5-3-2-4-6-8)7-10(13,11(14,15)16)12(17,18)19/h2-6,20H,7H2,1H3. The van der Waals surface area contributed by atoms with Crippen molar-refractivity contribution in [3.05, 3.63) is 35.9 Å². The van der Waals surface area contributed by atoms with Crippen molar-refractivity contribution in [2.24, 2.45) is 0 Å². The Kier molecular flexibility index (Phi) is 4.11. The van der Waals surface area contributed by atoms with Gasteiger partial charge >= 0.3 is 18.0 Å². The molecule has 0 saturated heterocycles. The number of hydrogen-bond acceptors (Lipinski definition) is 1. The van der Waals surface area contributed by atoms with Crippen LogP contribution in [0.5, 0.6) is 0 Å². The molecular weight excluding hydrogens is 293 g/mol. The Morgan fingerprint density at radius 1 is 0.850 bits per heavy atom. The van der Waals surface area contributed by atoms with Crippen molar-refractivity contribution >= 4 is 0 Å². The van der Waals surface area contributed by atoms with Gasteiger partial charge in [0, 0.05) is 6.42 Å². The Hall–Kier alpha value is -1.31. The maximum atomic E-state index is 13.6. The van der Waals surface area contributed by atoms with Crippen LogP contribution in [0, 0.1) is 0 Å². The second-order valence-corrected chi connectivity index (χ2v) is 4.61. The summed E-state index contributed by atoms with van der Waals surface area (Å²) < 4.78 is 88.2. The van der Waals surface area contributed by atoms with Crippen molar-refractivity contribution in [1.29, 1.82) is 0 Å². The minimum atomic E-state index is -6.18. The van der Waals surface area contributed by atoms with Gasteiger partial charge in [0.25, 0.3) is 0 Å². The Labute approximate surface area is 110 Å². The van der Waals surface area contributed by atoms with Gasteiger partial charge in [0.05, 0.1) is 5.60 Å². The molecule has 0 saturated carbocycles. The lowest BCUT2D eigenvalue weighted by Gasteiger charge is -2.36. The molecule has 114 valence electrons. The SMILES string of the molecule is CC(O)(CC(F)(C(F)(F)F)C(F)(F)F)c1ccccc1. The van der Waals surface area contributed by atoms with Crippen LogP contribution in [0.1, 0.15) is 18.9 Å². The van der Waals surface area contributed by atoms with Crippen molar-refractivity contribution in [3.8, 4) is 0 Å². The normalized spacial score (nSPS) is 16.9. The summed E-state index contributed by atoms with van der Waals surface area (Å²) in [5.74, 6) is 0. The molecule has 0 aromatic heterocycles. The summed E-state index contributed by atoms with van der Waals surface area (Å²) in [7, 11) is 0. The smallest absolute Gasteiger partial charge is 0.385 e. The second kappa shape index (κ2) is 4.91. The highest BCUT2D eigenvalue weighted by Crippen LogP contribution is 2.51. The molecule has 1 N–H and O–H groups in total. The van der Waals surface area contributed by atoms with Gasteiger partial charge in [0.1, 0.15) is 0 Å². The van der Waals surface area contributed by atoms with Crippen LogP contribution in [0.2, 0.25) is 0 Å². The second-order valence-electron chi connectivity index (χ2n) is 4.61. The summed E-state index contributed by atoms with van der Waals surface area (Å²) in [4.78, 5) is 0. The molecule has 8 heteroatoms. The summed E-state index contributed by atoms with van der Waals surface area (Å²) in [6.07, 6.45) is -14.5. The Bertz CT molecular complexity index is 433. The monoisotopic (exact) mass is 304 g/mol. The van der Waals surface area contributed by atoms with Gasteiger partial charge in [-0.3, -0.25) is 0 Å². The Balaban J connectivity index is 3.21. The van der Waals surface area contributed by atoms with E-state index in [2.05, 4.69) is 0 Å². The molecule has 1 aromatic rings. The van der Waals surface area contributed by atoms with E-state index in [1.807, 2.05) is 0 Å². The molecule has 1 rings (SSSR count). The maximum absolute atomic E-state index is 13.6. The highest BCUT2D eigenvalue weighted by molar-refractivity contribution is 5.22. The third kappa shape index (κ3) is 3.05. The molecule has 0 aliphatic heterocycles. The molecule has 0 bridgehead atoms. The lowest BCUT2D eigenvalue weighted by molar-refractivity contribution is -0.352. The van der Waals surface area contributed by atoms with Crippen molar-refractivity contribution in [2.75, 3.05) is 0 Å². The number of rotatable bonds is 3. The first kappa shape index (κ1) is 16.7. The first-order valence-corrected chi connectivity index (χ1v) is 5.41. The molecule has 1 nitrogen and oxygen atoms in total. The third-order valence-electron chi connectivity index (χ3n) is 2.88. The van der Waals surface area contributed by atoms with Gasteiger partial charge in [0.2, 0.25) is 0 Å². The van der Waals surface area contributed by atoms with E-state index < -0.39 is 30.0 Å². The topological polar surface area (TPSA) is 20.2 Å². The highest BCUT2D eigenvalue weighted by Gasteiger charge is 2.73. The number of aliphatic hydroxyl groups is 1. The average Bonchev–Trinajstić information content (AvgIpc) is 2.26. The molecule has 0 fully saturated rings. The number of hydrogen-bond donors (Lipinski definition) is 1. The van der Waals surface area contributed by atoms with E-state index in [1.54, 1.807) is 0 Å². The maximum Gasteiger partial charge on any atom is 0.431 e. The van der Waals surface area contributed by atoms with Gasteiger partial charge in [-0.15, -0.1) is 0 Å². The fourth-order valence-corrected chi connectivity index (χ4v) is 1.73. The molecule has 1 aromatic carbocycles. The molecule has 20 heavy (non-hydrogen) atoms. The van der Waals surface area contributed by atoms with Crippen molar-refractivity contribution in [3.63, 3.8) is 0 Å². The fourth-order valence-electron chi connectivity index (χ4n) is 1.73. The molecule has 1 unspecified atom stereocenters. The summed E-state index contributed by atoms with van der Waals surface area (Å²) in [6, 6.07) is 6.31. The van der Waals surface area contributed by atoms with E-state index in [9.17, 15) is 35.8 Å². The molecule has 1 atom stereocenters. The molecule has 0 aliphatic carbocycles. The van der Waals surface area contributed by atoms with E-state index in [0.717, 1.165) is 12.1 Å². The summed E-state index contributed by atoms with van der Waals surface area (Å²) in [5, 5.41) is 9.81. The molecule has 0 heterocycles. The predicted molar refractivity (Wildman–Crippen MR) is 56.6 cm³/mol. The molecule has 0 aliphatic rings. The molecule has 0 spiro atoms. The van der Waals surface area contributed by atoms with E-state index in [1.165, 1.54) is 18.2 Å². The zero-order chi connectivity index (χ0) is 15.8. The van der Waals surface area contributed by atoms with Gasteiger partial charge in [-0.05, 0) is 12.5 Å². The van der Waals surface area contributed by atoms with Crippen LogP contribution in [-0.4, -0.2) is 23.1 Å². The minimum absolute atomic E-state index is 0.240. The minimum Gasteiger partial charge on any atom is -0.385 e. The molecule has 0 radical (unpaired) electrons. The summed E-state index contributed by atoms with van der Waals surface area (Å²) in [5.41, 5.74) is -8.35. The van der Waals surface area contributed by atoms with Crippen molar-refractivity contribution in [2.45, 2.75) is 37.0 Å². The Morgan fingerprint density at radius 3 is 1.60 bits per heavy atom. The van der Waals surface area contributed by atoms with Gasteiger partial charge in [-0.2, -0.15) is 26.3 Å². The highest BCUT2D eigenvalue weighted by atomic mass is 19.4. The average molecular weight is 304 g/mol. The van der Waals surface area contributed by atoms with E-state index >= 15 is 0 Å². The van der Waals surface area contributed by atoms with Crippen LogP contribution in [-0.2, 0) is 5.60 Å². The molecular formula is C12H11F7O. The van der Waals surface area contributed by atoms with E-state index in [0.29, 0.717) is 6.92 Å². The number of halogens is 7. The lowest BCUT2D eigenvalue weighted by atomic mass is 9.83. The van der Waals surface area contributed by atoms with Crippen LogP contribution in [0.15, 0.2) is 30.3 Å². The Morgan fingerprint density at radius 2 is 1.25 bits per heavy atom. The third-order valence-corrected chi connectivity index (χ3v) is 2.88. The first-order chi connectivity index (χ1) is 8.81. The number of alkyl halides is 7. The van der Waals surface area contributed by atoms with Crippen molar-refractivity contribution in [1.82, 2.24) is 0 Å². The van der Waals surface area contributed by atoms with Gasteiger partial charge in [0.15, 0.2) is 0 Å². The van der Waals surface area contributed by atoms with Crippen LogP contribution >= 0.6 is 0 Å². The predicted octanol–water partition coefficient (Wildman–Crippen LogP) is 4.12. The van der Waals surface area contributed by atoms with Crippen LogP contribution in [0.25, 0.3) is 0 Å². The quantitative estimate of drug-likeness (QED) is 0.833.